The molecule has 3 heteroatoms. The Labute approximate surface area is 82.9 Å². The van der Waals surface area contributed by atoms with Gasteiger partial charge in [0.2, 0.25) is 0 Å². The van der Waals surface area contributed by atoms with Crippen LogP contribution < -0.4 is 5.32 Å². The van der Waals surface area contributed by atoms with Crippen molar-refractivity contribution in [3.63, 3.8) is 0 Å². The third-order valence-electron chi connectivity index (χ3n) is 1.38. The molecule has 1 aromatic carbocycles. The van der Waals surface area contributed by atoms with E-state index >= 15 is 0 Å². The van der Waals surface area contributed by atoms with Crippen LogP contribution in [0, 0.1) is 5.82 Å². The lowest BCUT2D eigenvalue weighted by molar-refractivity contribution is 0.618. The van der Waals surface area contributed by atoms with Gasteiger partial charge in [-0.25, -0.2) is 4.39 Å². The molecule has 0 atom stereocenters. The van der Waals surface area contributed by atoms with E-state index in [9.17, 15) is 4.39 Å². The molecule has 1 rings (SSSR count). The molecule has 1 N–H and O–H groups in total. The molecular formula is C10H13ClFN. The summed E-state index contributed by atoms with van der Waals surface area (Å²) in [6, 6.07) is 4.42. The smallest absolute Gasteiger partial charge is 0.126 e. The molecule has 13 heavy (non-hydrogen) atoms. The van der Waals surface area contributed by atoms with E-state index in [-0.39, 0.29) is 11.4 Å². The van der Waals surface area contributed by atoms with Gasteiger partial charge in [0, 0.05) is 16.2 Å². The number of hydrogen-bond acceptors (Lipinski definition) is 1. The number of benzene rings is 1. The number of nitrogens with one attached hydrogen (secondary N) is 1. The zero-order chi connectivity index (χ0) is 10.1. The lowest BCUT2D eigenvalue weighted by Gasteiger charge is -2.22. The number of anilines is 1. The molecule has 0 aliphatic heterocycles. The first kappa shape index (κ1) is 10.3. The quantitative estimate of drug-likeness (QED) is 0.731. The summed E-state index contributed by atoms with van der Waals surface area (Å²) in [5.41, 5.74) is 0.620. The van der Waals surface area contributed by atoms with Crippen molar-refractivity contribution in [2.75, 3.05) is 5.32 Å². The van der Waals surface area contributed by atoms with Crippen LogP contribution >= 0.6 is 11.6 Å². The molecule has 0 radical (unpaired) electrons. The van der Waals surface area contributed by atoms with Crippen molar-refractivity contribution >= 4 is 17.3 Å². The van der Waals surface area contributed by atoms with E-state index in [2.05, 4.69) is 5.32 Å². The summed E-state index contributed by atoms with van der Waals surface area (Å²) in [6.07, 6.45) is 0. The normalized spacial score (nSPS) is 11.5. The first-order valence-corrected chi connectivity index (χ1v) is 4.49. The average Bonchev–Trinajstić information content (AvgIpc) is 1.78. The fraction of sp³-hybridized carbons (Fsp3) is 0.400. The second-order valence-corrected chi connectivity index (χ2v) is 4.47. The van der Waals surface area contributed by atoms with Crippen molar-refractivity contribution in [1.29, 1.82) is 0 Å². The van der Waals surface area contributed by atoms with Crippen molar-refractivity contribution in [2.45, 2.75) is 26.3 Å². The van der Waals surface area contributed by atoms with Gasteiger partial charge in [-0.15, -0.1) is 0 Å². The molecule has 0 saturated heterocycles. The molecule has 0 aromatic heterocycles. The van der Waals surface area contributed by atoms with Gasteiger partial charge in [-0.1, -0.05) is 11.6 Å². The fourth-order valence-corrected chi connectivity index (χ4v) is 1.28. The summed E-state index contributed by atoms with van der Waals surface area (Å²) in [5.74, 6) is -0.320. The van der Waals surface area contributed by atoms with Crippen molar-refractivity contribution in [3.8, 4) is 0 Å². The van der Waals surface area contributed by atoms with Crippen LogP contribution in [0.15, 0.2) is 18.2 Å². The van der Waals surface area contributed by atoms with Crippen molar-refractivity contribution < 1.29 is 4.39 Å². The third kappa shape index (κ3) is 3.64. The van der Waals surface area contributed by atoms with Crippen LogP contribution in [0.1, 0.15) is 20.8 Å². The van der Waals surface area contributed by atoms with Crippen LogP contribution in [-0.2, 0) is 0 Å². The Balaban J connectivity index is 2.90. The molecule has 1 aromatic rings. The minimum atomic E-state index is -0.320. The standard InChI is InChI=1S/C10H13ClFN/c1-10(2,3)13-9-5-7(11)4-8(12)6-9/h4-6,13H,1-3H3. The molecule has 0 bridgehead atoms. The van der Waals surface area contributed by atoms with Crippen molar-refractivity contribution in [2.24, 2.45) is 0 Å². The summed E-state index contributed by atoms with van der Waals surface area (Å²) in [7, 11) is 0. The van der Waals surface area contributed by atoms with Gasteiger partial charge in [0.25, 0.3) is 0 Å². The van der Waals surface area contributed by atoms with Crippen LogP contribution in [-0.4, -0.2) is 5.54 Å². The maximum atomic E-state index is 12.9. The van der Waals surface area contributed by atoms with E-state index in [0.717, 1.165) is 0 Å². The SMILES string of the molecule is CC(C)(C)Nc1cc(F)cc(Cl)c1. The summed E-state index contributed by atoms with van der Waals surface area (Å²) >= 11 is 5.70. The Morgan fingerprint density at radius 2 is 1.85 bits per heavy atom. The van der Waals surface area contributed by atoms with E-state index in [1.54, 1.807) is 6.07 Å². The minimum absolute atomic E-state index is 0.0862. The lowest BCUT2D eigenvalue weighted by atomic mass is 10.1. The molecule has 0 aliphatic carbocycles. The molecule has 1 nitrogen and oxygen atoms in total. The molecule has 0 fully saturated rings. The molecule has 0 saturated carbocycles. The van der Waals surface area contributed by atoms with Gasteiger partial charge in [0.1, 0.15) is 5.82 Å². The Bertz CT molecular complexity index is 284. The van der Waals surface area contributed by atoms with Crippen molar-refractivity contribution in [1.82, 2.24) is 0 Å². The Morgan fingerprint density at radius 1 is 1.23 bits per heavy atom. The largest absolute Gasteiger partial charge is 0.380 e. The molecular weight excluding hydrogens is 189 g/mol. The van der Waals surface area contributed by atoms with E-state index < -0.39 is 0 Å². The summed E-state index contributed by atoms with van der Waals surface area (Å²) in [4.78, 5) is 0. The highest BCUT2D eigenvalue weighted by Gasteiger charge is 2.09. The zero-order valence-corrected chi connectivity index (χ0v) is 8.74. The number of hydrogen-bond donors (Lipinski definition) is 1. The molecule has 0 amide bonds. The first-order chi connectivity index (χ1) is 5.87. The maximum absolute atomic E-state index is 12.9. The summed E-state index contributed by atoms with van der Waals surface area (Å²) in [5, 5.41) is 3.55. The van der Waals surface area contributed by atoms with Crippen LogP contribution in [0.2, 0.25) is 5.02 Å². The molecule has 72 valence electrons. The van der Waals surface area contributed by atoms with Crippen LogP contribution in [0.5, 0.6) is 0 Å². The molecule has 0 aliphatic rings. The fourth-order valence-electron chi connectivity index (χ4n) is 1.06. The maximum Gasteiger partial charge on any atom is 0.126 e. The topological polar surface area (TPSA) is 12.0 Å². The van der Waals surface area contributed by atoms with Crippen LogP contribution in [0.3, 0.4) is 0 Å². The Kier molecular flexibility index (Phi) is 2.81. The van der Waals surface area contributed by atoms with Gasteiger partial charge in [-0.3, -0.25) is 0 Å². The highest BCUT2D eigenvalue weighted by atomic mass is 35.5. The van der Waals surface area contributed by atoms with Crippen LogP contribution in [0.25, 0.3) is 0 Å². The number of rotatable bonds is 1. The highest BCUT2D eigenvalue weighted by Crippen LogP contribution is 2.20. The van der Waals surface area contributed by atoms with E-state index in [1.165, 1.54) is 12.1 Å². The average molecular weight is 202 g/mol. The molecule has 0 spiro atoms. The first-order valence-electron chi connectivity index (χ1n) is 4.11. The number of halogens is 2. The third-order valence-corrected chi connectivity index (χ3v) is 1.60. The lowest BCUT2D eigenvalue weighted by Crippen LogP contribution is -2.26. The Hall–Kier alpha value is -0.760. The summed E-state index contributed by atoms with van der Waals surface area (Å²) in [6.45, 7) is 6.02. The van der Waals surface area contributed by atoms with E-state index in [0.29, 0.717) is 10.7 Å². The van der Waals surface area contributed by atoms with Gasteiger partial charge in [-0.2, -0.15) is 0 Å². The predicted molar refractivity (Wildman–Crippen MR) is 54.8 cm³/mol. The Morgan fingerprint density at radius 3 is 2.31 bits per heavy atom. The summed E-state index contributed by atoms with van der Waals surface area (Å²) < 4.78 is 12.9. The van der Waals surface area contributed by atoms with E-state index in [1.807, 2.05) is 20.8 Å². The predicted octanol–water partition coefficient (Wildman–Crippen LogP) is 3.69. The van der Waals surface area contributed by atoms with Crippen molar-refractivity contribution in [3.05, 3.63) is 29.0 Å². The molecule has 0 unspecified atom stereocenters. The second kappa shape index (κ2) is 3.54. The zero-order valence-electron chi connectivity index (χ0n) is 7.99. The van der Waals surface area contributed by atoms with Gasteiger partial charge in [-0.05, 0) is 39.0 Å². The molecule has 0 heterocycles. The minimum Gasteiger partial charge on any atom is -0.380 e. The van der Waals surface area contributed by atoms with Crippen LogP contribution in [0.4, 0.5) is 10.1 Å². The van der Waals surface area contributed by atoms with Gasteiger partial charge in [0.15, 0.2) is 0 Å². The van der Waals surface area contributed by atoms with Gasteiger partial charge in [0.05, 0.1) is 0 Å². The highest BCUT2D eigenvalue weighted by molar-refractivity contribution is 6.30. The second-order valence-electron chi connectivity index (χ2n) is 4.03. The van der Waals surface area contributed by atoms with E-state index in [4.69, 9.17) is 11.6 Å². The monoisotopic (exact) mass is 201 g/mol. The van der Waals surface area contributed by atoms with Gasteiger partial charge < -0.3 is 5.32 Å². The van der Waals surface area contributed by atoms with Gasteiger partial charge >= 0.3 is 0 Å².